The Morgan fingerprint density at radius 1 is 1.56 bits per heavy atom. The summed E-state index contributed by atoms with van der Waals surface area (Å²) < 4.78 is 27.9. The first-order chi connectivity index (χ1) is 8.41. The molecule has 1 aliphatic heterocycles. The fraction of sp³-hybridized carbons (Fsp3) is 0.364. The van der Waals surface area contributed by atoms with Crippen LogP contribution in [-0.2, 0) is 13.8 Å². The molecule has 1 heterocycles. The van der Waals surface area contributed by atoms with Gasteiger partial charge in [-0.25, -0.2) is 8.42 Å². The van der Waals surface area contributed by atoms with Crippen LogP contribution < -0.4 is 10.1 Å². The van der Waals surface area contributed by atoms with Gasteiger partial charge in [0.05, 0.1) is 10.9 Å². The zero-order chi connectivity index (χ0) is 13.3. The molecule has 7 heteroatoms. The second-order valence-electron chi connectivity index (χ2n) is 3.92. The number of hydrogen-bond acceptors (Lipinski definition) is 4. The van der Waals surface area contributed by atoms with Crippen LogP contribution in [0.5, 0.6) is 5.75 Å². The van der Waals surface area contributed by atoms with Crippen molar-refractivity contribution < 1.29 is 17.9 Å². The van der Waals surface area contributed by atoms with Gasteiger partial charge in [-0.3, -0.25) is 4.79 Å². The lowest BCUT2D eigenvalue weighted by Gasteiger charge is -2.11. The molecule has 18 heavy (non-hydrogen) atoms. The molecule has 1 aliphatic rings. The minimum atomic E-state index is -3.78. The van der Waals surface area contributed by atoms with E-state index in [4.69, 9.17) is 15.4 Å². The highest BCUT2D eigenvalue weighted by molar-refractivity contribution is 8.13. The highest BCUT2D eigenvalue weighted by Crippen LogP contribution is 2.34. The number of halogens is 1. The number of ether oxygens (including phenoxy) is 1. The van der Waals surface area contributed by atoms with Crippen LogP contribution in [0.25, 0.3) is 0 Å². The monoisotopic (exact) mass is 289 g/mol. The first-order valence-corrected chi connectivity index (χ1v) is 7.73. The normalized spacial score (nSPS) is 18.0. The Hall–Kier alpha value is -1.27. The lowest BCUT2D eigenvalue weighted by molar-refractivity contribution is -0.121. The van der Waals surface area contributed by atoms with Gasteiger partial charge in [0.2, 0.25) is 5.91 Å². The molecular formula is C11H12ClNO4S. The van der Waals surface area contributed by atoms with Crippen LogP contribution in [0.2, 0.25) is 0 Å². The van der Waals surface area contributed by atoms with E-state index in [0.717, 1.165) is 0 Å². The van der Waals surface area contributed by atoms with Crippen molar-refractivity contribution in [3.8, 4) is 5.75 Å². The van der Waals surface area contributed by atoms with E-state index in [2.05, 4.69) is 5.32 Å². The van der Waals surface area contributed by atoms with Crippen molar-refractivity contribution in [1.82, 2.24) is 5.32 Å². The molecule has 0 spiro atoms. The van der Waals surface area contributed by atoms with Crippen LogP contribution in [0.3, 0.4) is 0 Å². The molecule has 1 atom stereocenters. The number of benzene rings is 1. The van der Waals surface area contributed by atoms with Gasteiger partial charge in [-0.2, -0.15) is 0 Å². The average molecular weight is 290 g/mol. The maximum atomic E-state index is 11.3. The van der Waals surface area contributed by atoms with Crippen molar-refractivity contribution in [2.75, 3.05) is 6.61 Å². The Balaban J connectivity index is 2.34. The Morgan fingerprint density at radius 3 is 2.89 bits per heavy atom. The van der Waals surface area contributed by atoms with E-state index in [1.807, 2.05) is 0 Å². The van der Waals surface area contributed by atoms with Crippen LogP contribution in [-0.4, -0.2) is 20.9 Å². The third-order valence-corrected chi connectivity index (χ3v) is 4.05. The maximum Gasteiger partial charge on any atom is 0.261 e. The summed E-state index contributed by atoms with van der Waals surface area (Å²) >= 11 is 0. The van der Waals surface area contributed by atoms with Crippen LogP contribution in [0.15, 0.2) is 23.1 Å². The van der Waals surface area contributed by atoms with Crippen molar-refractivity contribution in [1.29, 1.82) is 0 Å². The molecular weight excluding hydrogens is 278 g/mol. The molecule has 1 amide bonds. The van der Waals surface area contributed by atoms with Crippen LogP contribution in [0.4, 0.5) is 0 Å². The highest BCUT2D eigenvalue weighted by atomic mass is 35.7. The van der Waals surface area contributed by atoms with Crippen LogP contribution in [0.1, 0.15) is 24.9 Å². The largest absolute Gasteiger partial charge is 0.491 e. The summed E-state index contributed by atoms with van der Waals surface area (Å²) in [6.07, 6.45) is 0.360. The first kappa shape index (κ1) is 13.2. The molecule has 0 saturated carbocycles. The Bertz CT molecular complexity index is 585. The minimum absolute atomic E-state index is 0.00386. The molecule has 0 aliphatic carbocycles. The third-order valence-electron chi connectivity index (χ3n) is 2.70. The van der Waals surface area contributed by atoms with Crippen molar-refractivity contribution in [2.24, 2.45) is 0 Å². The predicted octanol–water partition coefficient (Wildman–Crippen LogP) is 1.57. The van der Waals surface area contributed by atoms with Crippen molar-refractivity contribution in [3.05, 3.63) is 23.8 Å². The molecule has 0 aromatic heterocycles. The average Bonchev–Trinajstić information content (AvgIpc) is 2.70. The van der Waals surface area contributed by atoms with Gasteiger partial charge in [-0.05, 0) is 18.2 Å². The topological polar surface area (TPSA) is 72.5 Å². The maximum absolute atomic E-state index is 11.3. The van der Waals surface area contributed by atoms with E-state index in [9.17, 15) is 13.2 Å². The number of nitrogens with one attached hydrogen (secondary N) is 1. The SMILES string of the molecule is CCC(=O)NC1COc2ccc(S(=O)(=O)Cl)cc21. The Kier molecular flexibility index (Phi) is 3.49. The number of fused-ring (bicyclic) bond motifs is 1. The first-order valence-electron chi connectivity index (χ1n) is 5.42. The second-order valence-corrected chi connectivity index (χ2v) is 6.49. The van der Waals surface area contributed by atoms with Crippen LogP contribution >= 0.6 is 10.7 Å². The lowest BCUT2D eigenvalue weighted by atomic mass is 10.1. The van der Waals surface area contributed by atoms with E-state index < -0.39 is 9.05 Å². The fourth-order valence-corrected chi connectivity index (χ4v) is 2.55. The molecule has 5 nitrogen and oxygen atoms in total. The van der Waals surface area contributed by atoms with Gasteiger partial charge in [0, 0.05) is 22.7 Å². The standard InChI is InChI=1S/C11H12ClNO4S/c1-2-11(14)13-9-6-17-10-4-3-7(5-8(9)10)18(12,15)16/h3-5,9H,2,6H2,1H3,(H,13,14). The minimum Gasteiger partial charge on any atom is -0.491 e. The quantitative estimate of drug-likeness (QED) is 0.858. The Labute approximate surface area is 110 Å². The van der Waals surface area contributed by atoms with Gasteiger partial charge >= 0.3 is 0 Å². The van der Waals surface area contributed by atoms with Gasteiger partial charge < -0.3 is 10.1 Å². The summed E-state index contributed by atoms with van der Waals surface area (Å²) in [6.45, 7) is 2.04. The lowest BCUT2D eigenvalue weighted by Crippen LogP contribution is -2.28. The molecule has 0 fully saturated rings. The third kappa shape index (κ3) is 2.59. The van der Waals surface area contributed by atoms with Crippen LogP contribution in [0, 0.1) is 0 Å². The number of carbonyl (C=O) groups excluding carboxylic acids is 1. The zero-order valence-electron chi connectivity index (χ0n) is 9.64. The van der Waals surface area contributed by atoms with Gasteiger partial charge in [-0.1, -0.05) is 6.92 Å². The fourth-order valence-electron chi connectivity index (χ4n) is 1.76. The smallest absolute Gasteiger partial charge is 0.261 e. The van der Waals surface area contributed by atoms with E-state index >= 15 is 0 Å². The molecule has 1 aromatic carbocycles. The summed E-state index contributed by atoms with van der Waals surface area (Å²) in [5, 5.41) is 2.76. The molecule has 2 rings (SSSR count). The van der Waals surface area contributed by atoms with E-state index in [1.165, 1.54) is 12.1 Å². The number of hydrogen-bond donors (Lipinski definition) is 1. The molecule has 98 valence electrons. The summed E-state index contributed by atoms with van der Waals surface area (Å²) in [5.74, 6) is 0.455. The number of rotatable bonds is 3. The molecule has 1 unspecified atom stereocenters. The van der Waals surface area contributed by atoms with Gasteiger partial charge in [0.25, 0.3) is 9.05 Å². The zero-order valence-corrected chi connectivity index (χ0v) is 11.2. The summed E-state index contributed by atoms with van der Waals surface area (Å²) in [4.78, 5) is 11.4. The van der Waals surface area contributed by atoms with Crippen molar-refractivity contribution in [2.45, 2.75) is 24.3 Å². The molecule has 0 bridgehead atoms. The van der Waals surface area contributed by atoms with E-state index in [-0.39, 0.29) is 16.8 Å². The number of amides is 1. The summed E-state index contributed by atoms with van der Waals surface area (Å²) in [6, 6.07) is 4.03. The van der Waals surface area contributed by atoms with Gasteiger partial charge in [0.15, 0.2) is 0 Å². The molecule has 0 radical (unpaired) electrons. The Morgan fingerprint density at radius 2 is 2.28 bits per heavy atom. The van der Waals surface area contributed by atoms with E-state index in [1.54, 1.807) is 13.0 Å². The van der Waals surface area contributed by atoms with Gasteiger partial charge in [0.1, 0.15) is 12.4 Å². The molecule has 0 saturated heterocycles. The summed E-state index contributed by atoms with van der Waals surface area (Å²) in [5.41, 5.74) is 0.638. The van der Waals surface area contributed by atoms with E-state index in [0.29, 0.717) is 24.3 Å². The molecule has 1 N–H and O–H groups in total. The second kappa shape index (κ2) is 4.78. The summed E-state index contributed by atoms with van der Waals surface area (Å²) in [7, 11) is 1.51. The predicted molar refractivity (Wildman–Crippen MR) is 66.2 cm³/mol. The van der Waals surface area contributed by atoms with Gasteiger partial charge in [-0.15, -0.1) is 0 Å². The number of carbonyl (C=O) groups is 1. The highest BCUT2D eigenvalue weighted by Gasteiger charge is 2.27. The van der Waals surface area contributed by atoms with Crippen molar-refractivity contribution >= 4 is 25.6 Å². The van der Waals surface area contributed by atoms with Crippen molar-refractivity contribution in [3.63, 3.8) is 0 Å². The molecule has 1 aromatic rings.